The minimum atomic E-state index is -0.254. The van der Waals surface area contributed by atoms with Crippen LogP contribution in [0.25, 0.3) is 10.9 Å². The van der Waals surface area contributed by atoms with Gasteiger partial charge in [0.25, 0.3) is 5.91 Å². The number of para-hydroxylation sites is 1. The number of aromatic nitrogens is 2. The number of carbonyl (C=O) groups is 1. The van der Waals surface area contributed by atoms with Gasteiger partial charge in [0.05, 0.1) is 18.8 Å². The van der Waals surface area contributed by atoms with Crippen molar-refractivity contribution in [2.24, 2.45) is 0 Å². The van der Waals surface area contributed by atoms with E-state index < -0.39 is 0 Å². The number of hydrogen-bond acceptors (Lipinski definition) is 4. The van der Waals surface area contributed by atoms with E-state index >= 15 is 0 Å². The maximum atomic E-state index is 12.8. The lowest BCUT2D eigenvalue weighted by molar-refractivity contribution is -0.0248. The molecule has 4 rings (SSSR count). The second-order valence-electron chi connectivity index (χ2n) is 5.87. The number of anilines is 1. The zero-order valence-electron chi connectivity index (χ0n) is 13.1. The minimum absolute atomic E-state index is 0.0246. The van der Waals surface area contributed by atoms with Gasteiger partial charge in [0, 0.05) is 17.4 Å². The number of carbonyl (C=O) groups excluding carboxylic acids is 1. The van der Waals surface area contributed by atoms with Gasteiger partial charge in [0.2, 0.25) is 0 Å². The van der Waals surface area contributed by atoms with Crippen molar-refractivity contribution in [3.63, 3.8) is 0 Å². The number of nitrogens with zero attached hydrogens (tertiary/aromatic N) is 2. The molecule has 6 nitrogen and oxygen atoms in total. The van der Waals surface area contributed by atoms with Crippen molar-refractivity contribution in [1.29, 1.82) is 0 Å². The monoisotopic (exact) mass is 322 g/mol. The first-order valence-corrected chi connectivity index (χ1v) is 7.92. The third-order valence-corrected chi connectivity index (χ3v) is 4.24. The molecule has 6 heteroatoms. The molecule has 2 aromatic heterocycles. The van der Waals surface area contributed by atoms with Crippen LogP contribution in [0.15, 0.2) is 48.5 Å². The van der Waals surface area contributed by atoms with E-state index in [2.05, 4.69) is 9.97 Å². The van der Waals surface area contributed by atoms with Crippen LogP contribution in [0.5, 0.6) is 0 Å². The summed E-state index contributed by atoms with van der Waals surface area (Å²) in [6.07, 6.45) is -0.254. The van der Waals surface area contributed by atoms with Gasteiger partial charge in [-0.15, -0.1) is 0 Å². The topological polar surface area (TPSA) is 84.2 Å². The highest BCUT2D eigenvalue weighted by atomic mass is 16.5. The molecule has 1 unspecified atom stereocenters. The number of pyridine rings is 1. The number of aromatic amines is 1. The Morgan fingerprint density at radius 1 is 1.25 bits per heavy atom. The fourth-order valence-corrected chi connectivity index (χ4v) is 3.02. The average molecular weight is 322 g/mol. The van der Waals surface area contributed by atoms with E-state index in [0.29, 0.717) is 31.2 Å². The molecule has 0 spiro atoms. The van der Waals surface area contributed by atoms with E-state index in [1.807, 2.05) is 42.5 Å². The first-order valence-electron chi connectivity index (χ1n) is 7.92. The summed E-state index contributed by atoms with van der Waals surface area (Å²) in [5, 5.41) is 1.03. The predicted molar refractivity (Wildman–Crippen MR) is 91.5 cm³/mol. The molecule has 1 aliphatic heterocycles. The number of H-pyrrole nitrogens is 1. The van der Waals surface area contributed by atoms with Gasteiger partial charge >= 0.3 is 0 Å². The highest BCUT2D eigenvalue weighted by Gasteiger charge is 2.27. The molecule has 3 aromatic rings. The molecular formula is C18H18N4O2. The number of nitrogen functional groups attached to an aromatic ring is 1. The lowest BCUT2D eigenvalue weighted by Crippen LogP contribution is -2.42. The Balaban J connectivity index is 1.56. The number of nitrogens with two attached hydrogens (primary N) is 1. The van der Waals surface area contributed by atoms with E-state index in [9.17, 15) is 4.79 Å². The molecule has 0 aliphatic carbocycles. The molecule has 122 valence electrons. The molecule has 0 saturated carbocycles. The normalized spacial score (nSPS) is 18.0. The number of fused-ring (bicyclic) bond motifs is 1. The van der Waals surface area contributed by atoms with Gasteiger partial charge in [-0.3, -0.25) is 4.79 Å². The van der Waals surface area contributed by atoms with Crippen molar-refractivity contribution in [1.82, 2.24) is 14.9 Å². The third kappa shape index (κ3) is 2.72. The molecule has 0 radical (unpaired) electrons. The molecule has 1 aliphatic rings. The average Bonchev–Trinajstić information content (AvgIpc) is 3.05. The largest absolute Gasteiger partial charge is 0.384 e. The Hall–Kier alpha value is -2.86. The van der Waals surface area contributed by atoms with Crippen LogP contribution >= 0.6 is 0 Å². The number of hydrogen-bond donors (Lipinski definition) is 2. The third-order valence-electron chi connectivity index (χ3n) is 4.24. The zero-order valence-corrected chi connectivity index (χ0v) is 13.1. The number of nitrogens with one attached hydrogen (secondary N) is 1. The standard InChI is InChI=1S/C18H18N4O2/c19-17-7-3-6-14(21-17)16-11-22(8-9-24-16)18(23)15-10-12-4-1-2-5-13(12)20-15/h1-7,10,16,20H,8-9,11H2,(H2,19,21). The quantitative estimate of drug-likeness (QED) is 0.758. The van der Waals surface area contributed by atoms with Crippen molar-refractivity contribution < 1.29 is 9.53 Å². The predicted octanol–water partition coefficient (Wildman–Crippen LogP) is 2.36. The number of morpholine rings is 1. The molecular weight excluding hydrogens is 304 g/mol. The number of ether oxygens (including phenoxy) is 1. The maximum absolute atomic E-state index is 12.8. The Kier molecular flexibility index (Phi) is 3.66. The molecule has 3 heterocycles. The first kappa shape index (κ1) is 14.7. The van der Waals surface area contributed by atoms with E-state index in [1.165, 1.54) is 0 Å². The van der Waals surface area contributed by atoms with Gasteiger partial charge in [-0.1, -0.05) is 24.3 Å². The second kappa shape index (κ2) is 5.98. The zero-order chi connectivity index (χ0) is 16.5. The van der Waals surface area contributed by atoms with Crippen LogP contribution in [0.3, 0.4) is 0 Å². The first-order chi connectivity index (χ1) is 11.7. The van der Waals surface area contributed by atoms with Crippen molar-refractivity contribution in [3.8, 4) is 0 Å². The molecule has 1 atom stereocenters. The fourth-order valence-electron chi connectivity index (χ4n) is 3.02. The van der Waals surface area contributed by atoms with Crippen molar-refractivity contribution >= 4 is 22.6 Å². The van der Waals surface area contributed by atoms with E-state index in [1.54, 1.807) is 11.0 Å². The van der Waals surface area contributed by atoms with Gasteiger partial charge in [-0.2, -0.15) is 0 Å². The SMILES string of the molecule is Nc1cccc(C2CN(C(=O)c3cc4ccccc4[nH]3)CCO2)n1. The van der Waals surface area contributed by atoms with Crippen LogP contribution in [-0.2, 0) is 4.74 Å². The minimum Gasteiger partial charge on any atom is -0.384 e. The van der Waals surface area contributed by atoms with Crippen LogP contribution in [0.2, 0.25) is 0 Å². The van der Waals surface area contributed by atoms with Gasteiger partial charge in [-0.05, 0) is 24.3 Å². The summed E-state index contributed by atoms with van der Waals surface area (Å²) in [5.74, 6) is 0.429. The molecule has 0 bridgehead atoms. The Labute approximate surface area is 139 Å². The summed E-state index contributed by atoms with van der Waals surface area (Å²) in [5.41, 5.74) is 8.05. The lowest BCUT2D eigenvalue weighted by atomic mass is 10.1. The van der Waals surface area contributed by atoms with Gasteiger partial charge in [0.15, 0.2) is 0 Å². The van der Waals surface area contributed by atoms with Gasteiger partial charge in [0.1, 0.15) is 17.6 Å². The number of rotatable bonds is 2. The smallest absolute Gasteiger partial charge is 0.270 e. The fraction of sp³-hybridized carbons (Fsp3) is 0.222. The molecule has 1 aromatic carbocycles. The summed E-state index contributed by atoms with van der Waals surface area (Å²) in [7, 11) is 0. The van der Waals surface area contributed by atoms with Crippen molar-refractivity contribution in [3.05, 3.63) is 59.9 Å². The molecule has 1 fully saturated rings. The highest BCUT2D eigenvalue weighted by molar-refractivity contribution is 5.98. The van der Waals surface area contributed by atoms with Crippen molar-refractivity contribution in [2.45, 2.75) is 6.10 Å². The van der Waals surface area contributed by atoms with E-state index in [0.717, 1.165) is 16.6 Å². The van der Waals surface area contributed by atoms with E-state index in [4.69, 9.17) is 10.5 Å². The highest BCUT2D eigenvalue weighted by Crippen LogP contribution is 2.23. The Morgan fingerprint density at radius 3 is 2.96 bits per heavy atom. The molecule has 1 saturated heterocycles. The van der Waals surface area contributed by atoms with Crippen LogP contribution in [0.4, 0.5) is 5.82 Å². The molecule has 3 N–H and O–H groups in total. The summed E-state index contributed by atoms with van der Waals surface area (Å²) in [6.45, 7) is 1.50. The van der Waals surface area contributed by atoms with Gasteiger partial charge < -0.3 is 20.4 Å². The van der Waals surface area contributed by atoms with Gasteiger partial charge in [-0.25, -0.2) is 4.98 Å². The lowest BCUT2D eigenvalue weighted by Gasteiger charge is -2.32. The number of benzene rings is 1. The summed E-state index contributed by atoms with van der Waals surface area (Å²) in [6, 6.07) is 15.2. The van der Waals surface area contributed by atoms with Crippen LogP contribution in [0.1, 0.15) is 22.3 Å². The Morgan fingerprint density at radius 2 is 2.12 bits per heavy atom. The summed E-state index contributed by atoms with van der Waals surface area (Å²) >= 11 is 0. The second-order valence-corrected chi connectivity index (χ2v) is 5.87. The molecule has 24 heavy (non-hydrogen) atoms. The maximum Gasteiger partial charge on any atom is 0.270 e. The number of amides is 1. The van der Waals surface area contributed by atoms with Crippen LogP contribution in [0, 0.1) is 0 Å². The van der Waals surface area contributed by atoms with Crippen LogP contribution < -0.4 is 5.73 Å². The summed E-state index contributed by atoms with van der Waals surface area (Å²) in [4.78, 5) is 22.1. The summed E-state index contributed by atoms with van der Waals surface area (Å²) < 4.78 is 5.77. The molecule has 1 amide bonds. The van der Waals surface area contributed by atoms with Crippen molar-refractivity contribution in [2.75, 3.05) is 25.4 Å². The van der Waals surface area contributed by atoms with E-state index in [-0.39, 0.29) is 12.0 Å². The Bertz CT molecular complexity index is 856. The van der Waals surface area contributed by atoms with Crippen LogP contribution in [-0.4, -0.2) is 40.5 Å².